The van der Waals surface area contributed by atoms with Crippen LogP contribution >= 0.6 is 0 Å². The predicted molar refractivity (Wildman–Crippen MR) is 114 cm³/mol. The normalized spacial score (nSPS) is 10.1. The van der Waals surface area contributed by atoms with E-state index in [1.54, 1.807) is 0 Å². The first-order valence-corrected chi connectivity index (χ1v) is 9.72. The molecule has 0 saturated heterocycles. The van der Waals surface area contributed by atoms with Crippen LogP contribution in [0.4, 0.5) is 0 Å². The van der Waals surface area contributed by atoms with Crippen molar-refractivity contribution in [1.82, 2.24) is 0 Å². The van der Waals surface area contributed by atoms with E-state index in [4.69, 9.17) is 4.74 Å². The summed E-state index contributed by atoms with van der Waals surface area (Å²) in [6.07, 6.45) is 3.34. The van der Waals surface area contributed by atoms with Gasteiger partial charge in [0, 0.05) is 11.1 Å². The Balaban J connectivity index is 1.66. The van der Waals surface area contributed by atoms with Crippen LogP contribution in [0.5, 0.6) is 5.75 Å². The first-order chi connectivity index (χ1) is 13.3. The molecule has 3 aromatic carbocycles. The second kappa shape index (κ2) is 9.64. The molecule has 0 amide bonds. The lowest BCUT2D eigenvalue weighted by atomic mass is 10.0. The molecule has 0 spiro atoms. The second-order valence-corrected chi connectivity index (χ2v) is 6.65. The molecule has 27 heavy (non-hydrogen) atoms. The van der Waals surface area contributed by atoms with Crippen molar-refractivity contribution in [3.8, 4) is 28.7 Å². The molecule has 0 atom stereocenters. The van der Waals surface area contributed by atoms with E-state index in [0.29, 0.717) is 0 Å². The molecule has 136 valence electrons. The highest BCUT2D eigenvalue weighted by molar-refractivity contribution is 5.64. The van der Waals surface area contributed by atoms with Crippen LogP contribution in [0, 0.1) is 11.8 Å². The minimum atomic E-state index is 0.749. The number of hydrogen-bond donors (Lipinski definition) is 0. The lowest BCUT2D eigenvalue weighted by Crippen LogP contribution is -1.94. The van der Waals surface area contributed by atoms with E-state index in [1.165, 1.54) is 23.1 Å². The quantitative estimate of drug-likeness (QED) is 0.459. The van der Waals surface area contributed by atoms with Crippen LogP contribution in [0.3, 0.4) is 0 Å². The Bertz CT molecular complexity index is 892. The fourth-order valence-electron chi connectivity index (χ4n) is 2.90. The van der Waals surface area contributed by atoms with Crippen LogP contribution < -0.4 is 4.74 Å². The number of rotatable bonds is 6. The average molecular weight is 354 g/mol. The van der Waals surface area contributed by atoms with Gasteiger partial charge in [-0.25, -0.2) is 0 Å². The molecular formula is C26H26O. The summed E-state index contributed by atoms with van der Waals surface area (Å²) in [6.45, 7) is 5.06. The van der Waals surface area contributed by atoms with E-state index in [-0.39, 0.29) is 0 Å². The monoisotopic (exact) mass is 354 g/mol. The molecule has 0 saturated carbocycles. The summed E-state index contributed by atoms with van der Waals surface area (Å²) in [5.41, 5.74) is 5.88. The number of ether oxygens (including phenoxy) is 1. The topological polar surface area (TPSA) is 9.23 Å². The molecule has 0 heterocycles. The largest absolute Gasteiger partial charge is 0.494 e. The Labute approximate surface area is 163 Å². The predicted octanol–water partition coefficient (Wildman–Crippen LogP) is 6.49. The summed E-state index contributed by atoms with van der Waals surface area (Å²) in [5, 5.41) is 0. The van der Waals surface area contributed by atoms with Crippen LogP contribution in [0.1, 0.15) is 43.4 Å². The SMILES string of the molecule is CCCOc1ccc(C#Cc2ccc(-c3ccc(CCC)cc3)cc2)cc1. The van der Waals surface area contributed by atoms with Gasteiger partial charge in [-0.2, -0.15) is 0 Å². The van der Waals surface area contributed by atoms with Crippen LogP contribution in [-0.4, -0.2) is 6.61 Å². The molecule has 0 N–H and O–H groups in total. The minimum Gasteiger partial charge on any atom is -0.494 e. The van der Waals surface area contributed by atoms with Gasteiger partial charge in [0.1, 0.15) is 5.75 Å². The Morgan fingerprint density at radius 1 is 0.630 bits per heavy atom. The standard InChI is InChI=1S/C26H26O/c1-3-5-21-8-14-24(15-9-21)25-16-10-22(11-17-25)6-7-23-12-18-26(19-13-23)27-20-4-2/h8-19H,3-5,20H2,1-2H3. The maximum absolute atomic E-state index is 5.60. The van der Waals surface area contributed by atoms with Crippen LogP contribution in [0.25, 0.3) is 11.1 Å². The lowest BCUT2D eigenvalue weighted by Gasteiger charge is -2.04. The Hall–Kier alpha value is -2.98. The van der Waals surface area contributed by atoms with Crippen molar-refractivity contribution < 1.29 is 4.74 Å². The third kappa shape index (κ3) is 5.50. The van der Waals surface area contributed by atoms with Crippen LogP contribution in [-0.2, 0) is 6.42 Å². The van der Waals surface area contributed by atoms with Gasteiger partial charge in [0.05, 0.1) is 6.61 Å². The van der Waals surface area contributed by atoms with Crippen molar-refractivity contribution in [2.45, 2.75) is 33.1 Å². The molecule has 0 aliphatic heterocycles. The van der Waals surface area contributed by atoms with E-state index >= 15 is 0 Å². The highest BCUT2D eigenvalue weighted by Crippen LogP contribution is 2.21. The summed E-state index contributed by atoms with van der Waals surface area (Å²) in [4.78, 5) is 0. The molecule has 0 aliphatic carbocycles. The summed E-state index contributed by atoms with van der Waals surface area (Å²) < 4.78 is 5.60. The molecule has 3 aromatic rings. The molecule has 0 radical (unpaired) electrons. The highest BCUT2D eigenvalue weighted by Gasteiger charge is 1.98. The molecule has 1 heteroatoms. The molecular weight excluding hydrogens is 328 g/mol. The van der Waals surface area contributed by atoms with E-state index in [1.807, 2.05) is 24.3 Å². The number of aryl methyl sites for hydroxylation is 1. The van der Waals surface area contributed by atoms with E-state index < -0.39 is 0 Å². The number of hydrogen-bond acceptors (Lipinski definition) is 1. The molecule has 0 aliphatic rings. The van der Waals surface area contributed by atoms with E-state index in [9.17, 15) is 0 Å². The molecule has 0 fully saturated rings. The fourth-order valence-corrected chi connectivity index (χ4v) is 2.90. The van der Waals surface area contributed by atoms with Crippen molar-refractivity contribution >= 4 is 0 Å². The lowest BCUT2D eigenvalue weighted by molar-refractivity contribution is 0.317. The van der Waals surface area contributed by atoms with Gasteiger partial charge in [0.15, 0.2) is 0 Å². The van der Waals surface area contributed by atoms with Crippen molar-refractivity contribution in [1.29, 1.82) is 0 Å². The maximum Gasteiger partial charge on any atom is 0.119 e. The van der Waals surface area contributed by atoms with Crippen molar-refractivity contribution in [3.63, 3.8) is 0 Å². The van der Waals surface area contributed by atoms with Crippen molar-refractivity contribution in [3.05, 3.63) is 89.5 Å². The molecule has 0 aromatic heterocycles. The summed E-state index contributed by atoms with van der Waals surface area (Å²) >= 11 is 0. The van der Waals surface area contributed by atoms with Gasteiger partial charge in [0.25, 0.3) is 0 Å². The van der Waals surface area contributed by atoms with E-state index in [0.717, 1.165) is 36.3 Å². The Kier molecular flexibility index (Phi) is 6.72. The van der Waals surface area contributed by atoms with E-state index in [2.05, 4.69) is 74.2 Å². The van der Waals surface area contributed by atoms with Gasteiger partial charge in [-0.05, 0) is 65.9 Å². The fraction of sp³-hybridized carbons (Fsp3) is 0.231. The van der Waals surface area contributed by atoms with Gasteiger partial charge < -0.3 is 4.74 Å². The second-order valence-electron chi connectivity index (χ2n) is 6.65. The molecule has 0 bridgehead atoms. The minimum absolute atomic E-state index is 0.749. The number of benzene rings is 3. The Morgan fingerprint density at radius 3 is 1.67 bits per heavy atom. The molecule has 3 rings (SSSR count). The van der Waals surface area contributed by atoms with Gasteiger partial charge in [-0.1, -0.05) is 68.5 Å². The van der Waals surface area contributed by atoms with Gasteiger partial charge >= 0.3 is 0 Å². The summed E-state index contributed by atoms with van der Waals surface area (Å²) in [5.74, 6) is 7.36. The average Bonchev–Trinajstić information content (AvgIpc) is 2.73. The summed E-state index contributed by atoms with van der Waals surface area (Å²) in [6, 6.07) is 25.3. The zero-order chi connectivity index (χ0) is 18.9. The van der Waals surface area contributed by atoms with Crippen LogP contribution in [0.15, 0.2) is 72.8 Å². The van der Waals surface area contributed by atoms with Gasteiger partial charge in [-0.3, -0.25) is 0 Å². The zero-order valence-corrected chi connectivity index (χ0v) is 16.2. The van der Waals surface area contributed by atoms with Crippen molar-refractivity contribution in [2.75, 3.05) is 6.61 Å². The van der Waals surface area contributed by atoms with Gasteiger partial charge in [-0.15, -0.1) is 0 Å². The molecule has 1 nitrogen and oxygen atoms in total. The maximum atomic E-state index is 5.60. The third-order valence-electron chi connectivity index (χ3n) is 4.39. The first-order valence-electron chi connectivity index (χ1n) is 9.72. The summed E-state index contributed by atoms with van der Waals surface area (Å²) in [7, 11) is 0. The third-order valence-corrected chi connectivity index (χ3v) is 4.39. The molecule has 0 unspecified atom stereocenters. The van der Waals surface area contributed by atoms with Gasteiger partial charge in [0.2, 0.25) is 0 Å². The smallest absolute Gasteiger partial charge is 0.119 e. The highest BCUT2D eigenvalue weighted by atomic mass is 16.5. The first kappa shape index (κ1) is 18.8. The zero-order valence-electron chi connectivity index (χ0n) is 16.2. The van der Waals surface area contributed by atoms with Crippen molar-refractivity contribution in [2.24, 2.45) is 0 Å². The van der Waals surface area contributed by atoms with Crippen LogP contribution in [0.2, 0.25) is 0 Å². The Morgan fingerprint density at radius 2 is 1.15 bits per heavy atom.